The fourth-order valence-electron chi connectivity index (χ4n) is 3.94. The molecule has 2 amide bonds. The minimum atomic E-state index is -0.127. The van der Waals surface area contributed by atoms with Crippen molar-refractivity contribution in [3.05, 3.63) is 28.8 Å². The number of hydrogen-bond acceptors (Lipinski definition) is 3. The lowest BCUT2D eigenvalue weighted by atomic mass is 10.1. The van der Waals surface area contributed by atoms with E-state index in [1.54, 1.807) is 23.1 Å². The van der Waals surface area contributed by atoms with Crippen LogP contribution in [-0.4, -0.2) is 49.4 Å². The average molecular weight is 392 g/mol. The molecule has 2 aliphatic heterocycles. The van der Waals surface area contributed by atoms with E-state index < -0.39 is 0 Å². The van der Waals surface area contributed by atoms with E-state index in [4.69, 9.17) is 11.6 Å². The van der Waals surface area contributed by atoms with E-state index >= 15 is 0 Å². The minimum absolute atomic E-state index is 0.0593. The van der Waals surface area contributed by atoms with Crippen molar-refractivity contribution in [1.82, 2.24) is 10.2 Å². The number of anilines is 1. The summed E-state index contributed by atoms with van der Waals surface area (Å²) >= 11 is 6.10. The first-order valence-electron chi connectivity index (χ1n) is 10.3. The van der Waals surface area contributed by atoms with Gasteiger partial charge in [0.25, 0.3) is 5.91 Å². The van der Waals surface area contributed by atoms with E-state index in [1.165, 1.54) is 45.3 Å². The highest BCUT2D eigenvalue weighted by Gasteiger charge is 2.26. The number of carbonyl (C=O) groups is 2. The summed E-state index contributed by atoms with van der Waals surface area (Å²) in [6, 6.07) is 5.15. The monoisotopic (exact) mass is 391 g/mol. The fraction of sp³-hybridized carbons (Fsp3) is 0.619. The number of nitrogens with zero attached hydrogens (tertiary/aromatic N) is 2. The van der Waals surface area contributed by atoms with Gasteiger partial charge in [0, 0.05) is 24.5 Å². The molecule has 1 aromatic rings. The number of carbonyl (C=O) groups excluding carboxylic acids is 2. The Morgan fingerprint density at radius 1 is 1.04 bits per heavy atom. The van der Waals surface area contributed by atoms with Gasteiger partial charge >= 0.3 is 0 Å². The molecule has 0 radical (unpaired) electrons. The van der Waals surface area contributed by atoms with Crippen LogP contribution in [0, 0.1) is 0 Å². The van der Waals surface area contributed by atoms with Crippen molar-refractivity contribution < 1.29 is 9.59 Å². The zero-order valence-corrected chi connectivity index (χ0v) is 16.8. The summed E-state index contributed by atoms with van der Waals surface area (Å²) in [7, 11) is 0. The van der Waals surface area contributed by atoms with Crippen LogP contribution < -0.4 is 10.2 Å². The lowest BCUT2D eigenvalue weighted by Crippen LogP contribution is -2.31. The predicted molar refractivity (Wildman–Crippen MR) is 110 cm³/mol. The molecule has 0 saturated carbocycles. The van der Waals surface area contributed by atoms with Crippen LogP contribution in [0.4, 0.5) is 5.69 Å². The maximum absolute atomic E-state index is 12.6. The quantitative estimate of drug-likeness (QED) is 0.685. The van der Waals surface area contributed by atoms with Crippen LogP contribution in [0.25, 0.3) is 0 Å². The molecule has 2 aliphatic rings. The molecule has 2 fully saturated rings. The zero-order chi connectivity index (χ0) is 19.1. The average Bonchev–Trinajstić information content (AvgIpc) is 3.11. The second-order valence-electron chi connectivity index (χ2n) is 7.53. The lowest BCUT2D eigenvalue weighted by molar-refractivity contribution is -0.117. The number of hydrogen-bond donors (Lipinski definition) is 1. The second kappa shape index (κ2) is 10.1. The third kappa shape index (κ3) is 5.69. The summed E-state index contributed by atoms with van der Waals surface area (Å²) in [5, 5.41) is 3.54. The molecule has 2 saturated heterocycles. The Morgan fingerprint density at radius 2 is 1.85 bits per heavy atom. The van der Waals surface area contributed by atoms with Gasteiger partial charge in [-0.05, 0) is 69.9 Å². The molecule has 2 heterocycles. The Labute approximate surface area is 167 Å². The molecule has 0 unspecified atom stereocenters. The number of rotatable bonds is 8. The third-order valence-electron chi connectivity index (χ3n) is 5.45. The van der Waals surface area contributed by atoms with E-state index in [0.29, 0.717) is 35.8 Å². The van der Waals surface area contributed by atoms with Crippen molar-refractivity contribution in [2.24, 2.45) is 0 Å². The van der Waals surface area contributed by atoms with Gasteiger partial charge in [-0.2, -0.15) is 0 Å². The van der Waals surface area contributed by atoms with E-state index in [-0.39, 0.29) is 11.8 Å². The van der Waals surface area contributed by atoms with Crippen molar-refractivity contribution >= 4 is 29.1 Å². The second-order valence-corrected chi connectivity index (χ2v) is 7.97. The number of nitrogens with one attached hydrogen (secondary N) is 1. The van der Waals surface area contributed by atoms with E-state index in [9.17, 15) is 9.59 Å². The smallest absolute Gasteiger partial charge is 0.253 e. The molecule has 1 aromatic carbocycles. The van der Waals surface area contributed by atoms with E-state index in [1.807, 2.05) is 0 Å². The highest BCUT2D eigenvalue weighted by Crippen LogP contribution is 2.28. The van der Waals surface area contributed by atoms with Crippen molar-refractivity contribution in [2.75, 3.05) is 37.6 Å². The highest BCUT2D eigenvalue weighted by molar-refractivity contribution is 6.31. The molecule has 0 atom stereocenters. The van der Waals surface area contributed by atoms with Crippen molar-refractivity contribution in [3.63, 3.8) is 0 Å². The standard InChI is InChI=1S/C21H30ClN3O2/c22-17-9-10-18(19(16-17)25-15-7-8-20(25)26)21(27)23-11-3-1-4-12-24-13-5-2-6-14-24/h9-10,16H,1-8,11-15H2,(H,23,27). The van der Waals surface area contributed by atoms with Crippen LogP contribution in [-0.2, 0) is 4.79 Å². The van der Waals surface area contributed by atoms with Gasteiger partial charge in [0.1, 0.15) is 0 Å². The molecule has 0 bridgehead atoms. The van der Waals surface area contributed by atoms with Gasteiger partial charge in [-0.3, -0.25) is 9.59 Å². The summed E-state index contributed by atoms with van der Waals surface area (Å²) in [5.74, 6) is -0.0681. The SMILES string of the molecule is O=C(NCCCCCN1CCCCC1)c1ccc(Cl)cc1N1CCCC1=O. The Balaban J connectivity index is 1.44. The van der Waals surface area contributed by atoms with Gasteiger partial charge in [0.2, 0.25) is 5.91 Å². The molecular formula is C21H30ClN3O2. The van der Waals surface area contributed by atoms with Gasteiger partial charge in [0.05, 0.1) is 11.3 Å². The van der Waals surface area contributed by atoms with Gasteiger partial charge in [-0.1, -0.05) is 24.4 Å². The topological polar surface area (TPSA) is 52.7 Å². The maximum Gasteiger partial charge on any atom is 0.253 e. The normalized spacial score (nSPS) is 18.1. The molecule has 27 heavy (non-hydrogen) atoms. The minimum Gasteiger partial charge on any atom is -0.352 e. The number of piperidine rings is 1. The summed E-state index contributed by atoms with van der Waals surface area (Å²) in [4.78, 5) is 28.9. The van der Waals surface area contributed by atoms with E-state index in [2.05, 4.69) is 10.2 Å². The maximum atomic E-state index is 12.6. The Kier molecular flexibility index (Phi) is 7.53. The summed E-state index contributed by atoms with van der Waals surface area (Å²) in [6.07, 6.45) is 8.68. The Bertz CT molecular complexity index is 659. The Hall–Kier alpha value is -1.59. The highest BCUT2D eigenvalue weighted by atomic mass is 35.5. The summed E-state index contributed by atoms with van der Waals surface area (Å²) in [5.41, 5.74) is 1.16. The molecule has 0 aromatic heterocycles. The van der Waals surface area contributed by atoms with Crippen LogP contribution in [0.1, 0.15) is 61.7 Å². The lowest BCUT2D eigenvalue weighted by Gasteiger charge is -2.26. The number of amides is 2. The number of halogens is 1. The first kappa shape index (κ1) is 20.2. The van der Waals surface area contributed by atoms with Crippen LogP contribution in [0.5, 0.6) is 0 Å². The first-order valence-corrected chi connectivity index (χ1v) is 10.6. The largest absolute Gasteiger partial charge is 0.352 e. The molecule has 0 aliphatic carbocycles. The summed E-state index contributed by atoms with van der Waals surface area (Å²) in [6.45, 7) is 4.97. The van der Waals surface area contributed by atoms with Crippen molar-refractivity contribution in [2.45, 2.75) is 51.4 Å². The molecule has 5 nitrogen and oxygen atoms in total. The molecule has 148 valence electrons. The third-order valence-corrected chi connectivity index (χ3v) is 5.69. The molecule has 6 heteroatoms. The Morgan fingerprint density at radius 3 is 2.59 bits per heavy atom. The first-order chi connectivity index (χ1) is 13.1. The van der Waals surface area contributed by atoms with Gasteiger partial charge in [0.15, 0.2) is 0 Å². The number of benzene rings is 1. The molecule has 3 rings (SSSR count). The predicted octanol–water partition coefficient (Wildman–Crippen LogP) is 3.85. The number of unbranched alkanes of at least 4 members (excludes halogenated alkanes) is 2. The van der Waals surface area contributed by atoms with Crippen LogP contribution in [0.2, 0.25) is 5.02 Å². The molecular weight excluding hydrogens is 362 g/mol. The fourth-order valence-corrected chi connectivity index (χ4v) is 4.11. The van der Waals surface area contributed by atoms with Crippen molar-refractivity contribution in [1.29, 1.82) is 0 Å². The van der Waals surface area contributed by atoms with Crippen molar-refractivity contribution in [3.8, 4) is 0 Å². The van der Waals surface area contributed by atoms with Gasteiger partial charge < -0.3 is 15.1 Å². The van der Waals surface area contributed by atoms with Crippen LogP contribution in [0.15, 0.2) is 18.2 Å². The molecule has 1 N–H and O–H groups in total. The number of likely N-dealkylation sites (tertiary alicyclic amines) is 1. The van der Waals surface area contributed by atoms with Crippen LogP contribution in [0.3, 0.4) is 0 Å². The molecule has 0 spiro atoms. The van der Waals surface area contributed by atoms with Gasteiger partial charge in [-0.15, -0.1) is 0 Å². The summed E-state index contributed by atoms with van der Waals surface area (Å²) < 4.78 is 0. The van der Waals surface area contributed by atoms with Gasteiger partial charge in [-0.25, -0.2) is 0 Å². The van der Waals surface area contributed by atoms with Crippen LogP contribution >= 0.6 is 11.6 Å². The van der Waals surface area contributed by atoms with E-state index in [0.717, 1.165) is 19.3 Å². The zero-order valence-electron chi connectivity index (χ0n) is 16.0.